The van der Waals surface area contributed by atoms with Crippen molar-refractivity contribution < 1.29 is 0 Å². The fraction of sp³-hybridized carbons (Fsp3) is 0.688. The van der Waals surface area contributed by atoms with Crippen molar-refractivity contribution in [2.45, 2.75) is 52.0 Å². The van der Waals surface area contributed by atoms with E-state index in [2.05, 4.69) is 37.3 Å². The molecular weight excluding hydrogens is 220 g/mol. The standard InChI is InChI=1S/C16H26N2/c1-4-13-6-5-7-14(9-13)16(17-3)15-8-12(2)10-18-11-15/h8,10-11,13-14,16-17H,4-7,9H2,1-3H3. The molecule has 1 aliphatic carbocycles. The van der Waals surface area contributed by atoms with E-state index in [-0.39, 0.29) is 0 Å². The van der Waals surface area contributed by atoms with Crippen LogP contribution in [0.1, 0.15) is 56.2 Å². The second-order valence-electron chi connectivity index (χ2n) is 5.76. The average molecular weight is 246 g/mol. The molecule has 100 valence electrons. The van der Waals surface area contributed by atoms with Gasteiger partial charge in [-0.1, -0.05) is 32.3 Å². The van der Waals surface area contributed by atoms with Gasteiger partial charge in [0.2, 0.25) is 0 Å². The van der Waals surface area contributed by atoms with E-state index < -0.39 is 0 Å². The highest BCUT2D eigenvalue weighted by Crippen LogP contribution is 2.38. The van der Waals surface area contributed by atoms with Gasteiger partial charge < -0.3 is 5.32 Å². The van der Waals surface area contributed by atoms with Crippen LogP contribution >= 0.6 is 0 Å². The summed E-state index contributed by atoms with van der Waals surface area (Å²) in [6.07, 6.45) is 10.8. The minimum Gasteiger partial charge on any atom is -0.313 e. The minimum atomic E-state index is 0.478. The summed E-state index contributed by atoms with van der Waals surface area (Å²) in [5.74, 6) is 1.70. The Balaban J connectivity index is 2.12. The van der Waals surface area contributed by atoms with Crippen LogP contribution in [0, 0.1) is 18.8 Å². The Hall–Kier alpha value is -0.890. The van der Waals surface area contributed by atoms with E-state index in [9.17, 15) is 0 Å². The van der Waals surface area contributed by atoms with Crippen molar-refractivity contribution in [3.05, 3.63) is 29.6 Å². The Morgan fingerprint density at radius 1 is 1.39 bits per heavy atom. The largest absolute Gasteiger partial charge is 0.313 e. The Morgan fingerprint density at radius 3 is 2.89 bits per heavy atom. The van der Waals surface area contributed by atoms with E-state index in [1.165, 1.54) is 43.2 Å². The van der Waals surface area contributed by atoms with Gasteiger partial charge in [-0.05, 0) is 49.8 Å². The summed E-state index contributed by atoms with van der Waals surface area (Å²) in [6, 6.07) is 2.76. The van der Waals surface area contributed by atoms with Crippen molar-refractivity contribution in [1.29, 1.82) is 0 Å². The maximum atomic E-state index is 4.35. The molecule has 3 atom stereocenters. The third kappa shape index (κ3) is 3.11. The first-order valence-electron chi connectivity index (χ1n) is 7.33. The summed E-state index contributed by atoms with van der Waals surface area (Å²) < 4.78 is 0. The molecule has 1 aromatic heterocycles. The lowest BCUT2D eigenvalue weighted by Crippen LogP contribution is -2.29. The SMILES string of the molecule is CCC1CCCC(C(NC)c2cncc(C)c2)C1. The van der Waals surface area contributed by atoms with Gasteiger partial charge in [0.25, 0.3) is 0 Å². The highest BCUT2D eigenvalue weighted by molar-refractivity contribution is 5.21. The van der Waals surface area contributed by atoms with E-state index in [1.807, 2.05) is 12.4 Å². The van der Waals surface area contributed by atoms with Crippen molar-refractivity contribution in [3.8, 4) is 0 Å². The molecule has 0 bridgehead atoms. The number of aryl methyl sites for hydroxylation is 1. The van der Waals surface area contributed by atoms with E-state index in [0.717, 1.165) is 11.8 Å². The van der Waals surface area contributed by atoms with Crippen molar-refractivity contribution >= 4 is 0 Å². The molecule has 0 aromatic carbocycles. The molecule has 1 aliphatic rings. The third-order valence-corrected chi connectivity index (χ3v) is 4.44. The number of rotatable bonds is 4. The zero-order valence-electron chi connectivity index (χ0n) is 11.9. The van der Waals surface area contributed by atoms with Crippen LogP contribution < -0.4 is 5.32 Å². The number of pyridine rings is 1. The summed E-state index contributed by atoms with van der Waals surface area (Å²) in [5, 5.41) is 3.52. The smallest absolute Gasteiger partial charge is 0.0361 e. The number of hydrogen-bond donors (Lipinski definition) is 1. The molecule has 2 rings (SSSR count). The highest BCUT2D eigenvalue weighted by atomic mass is 14.9. The van der Waals surface area contributed by atoms with Crippen LogP contribution in [0.25, 0.3) is 0 Å². The predicted molar refractivity (Wildman–Crippen MR) is 76.5 cm³/mol. The quantitative estimate of drug-likeness (QED) is 0.872. The zero-order valence-corrected chi connectivity index (χ0v) is 11.9. The van der Waals surface area contributed by atoms with Gasteiger partial charge in [0.15, 0.2) is 0 Å². The summed E-state index contributed by atoms with van der Waals surface area (Å²) >= 11 is 0. The van der Waals surface area contributed by atoms with Crippen LogP contribution in [0.15, 0.2) is 18.5 Å². The average Bonchev–Trinajstić information content (AvgIpc) is 2.40. The zero-order chi connectivity index (χ0) is 13.0. The van der Waals surface area contributed by atoms with Crippen molar-refractivity contribution in [3.63, 3.8) is 0 Å². The molecule has 1 saturated carbocycles. The van der Waals surface area contributed by atoms with E-state index >= 15 is 0 Å². The fourth-order valence-corrected chi connectivity index (χ4v) is 3.43. The van der Waals surface area contributed by atoms with Crippen LogP contribution in [-0.2, 0) is 0 Å². The second kappa shape index (κ2) is 6.33. The lowest BCUT2D eigenvalue weighted by Gasteiger charge is -2.34. The van der Waals surface area contributed by atoms with Gasteiger partial charge in [-0.2, -0.15) is 0 Å². The molecule has 1 N–H and O–H groups in total. The number of nitrogens with zero attached hydrogens (tertiary/aromatic N) is 1. The molecule has 3 unspecified atom stereocenters. The molecule has 0 spiro atoms. The van der Waals surface area contributed by atoms with Gasteiger partial charge in [0.05, 0.1) is 0 Å². The van der Waals surface area contributed by atoms with Crippen molar-refractivity contribution in [1.82, 2.24) is 10.3 Å². The van der Waals surface area contributed by atoms with E-state index in [4.69, 9.17) is 0 Å². The summed E-state index contributed by atoms with van der Waals surface area (Å²) in [6.45, 7) is 4.45. The van der Waals surface area contributed by atoms with Crippen LogP contribution in [0.4, 0.5) is 0 Å². The molecule has 0 aliphatic heterocycles. The first kappa shape index (κ1) is 13.5. The number of hydrogen-bond acceptors (Lipinski definition) is 2. The maximum Gasteiger partial charge on any atom is 0.0361 e. The summed E-state index contributed by atoms with van der Waals surface area (Å²) in [7, 11) is 2.09. The summed E-state index contributed by atoms with van der Waals surface area (Å²) in [5.41, 5.74) is 2.62. The van der Waals surface area contributed by atoms with Gasteiger partial charge in [-0.15, -0.1) is 0 Å². The van der Waals surface area contributed by atoms with Gasteiger partial charge in [-0.25, -0.2) is 0 Å². The van der Waals surface area contributed by atoms with Gasteiger partial charge in [0.1, 0.15) is 0 Å². The molecule has 0 saturated heterocycles. The van der Waals surface area contributed by atoms with Crippen LogP contribution in [0.2, 0.25) is 0 Å². The van der Waals surface area contributed by atoms with Crippen LogP contribution in [0.5, 0.6) is 0 Å². The first-order chi connectivity index (χ1) is 8.74. The van der Waals surface area contributed by atoms with Gasteiger partial charge in [0, 0.05) is 18.4 Å². The van der Waals surface area contributed by atoms with Crippen LogP contribution in [0.3, 0.4) is 0 Å². The van der Waals surface area contributed by atoms with E-state index in [1.54, 1.807) is 0 Å². The maximum absolute atomic E-state index is 4.35. The second-order valence-corrected chi connectivity index (χ2v) is 5.76. The molecule has 2 nitrogen and oxygen atoms in total. The fourth-order valence-electron chi connectivity index (χ4n) is 3.43. The molecule has 0 radical (unpaired) electrons. The minimum absolute atomic E-state index is 0.478. The van der Waals surface area contributed by atoms with Crippen molar-refractivity contribution in [2.24, 2.45) is 11.8 Å². The molecule has 1 fully saturated rings. The Bertz CT molecular complexity index is 375. The summed E-state index contributed by atoms with van der Waals surface area (Å²) in [4.78, 5) is 4.35. The van der Waals surface area contributed by atoms with E-state index in [0.29, 0.717) is 6.04 Å². The topological polar surface area (TPSA) is 24.9 Å². The molecule has 0 amide bonds. The van der Waals surface area contributed by atoms with Gasteiger partial charge >= 0.3 is 0 Å². The first-order valence-corrected chi connectivity index (χ1v) is 7.33. The number of aromatic nitrogens is 1. The Kier molecular flexibility index (Phi) is 4.76. The van der Waals surface area contributed by atoms with Crippen molar-refractivity contribution in [2.75, 3.05) is 7.05 Å². The monoisotopic (exact) mass is 246 g/mol. The molecular formula is C16H26N2. The Morgan fingerprint density at radius 2 is 2.22 bits per heavy atom. The molecule has 1 heterocycles. The van der Waals surface area contributed by atoms with Crippen LogP contribution in [-0.4, -0.2) is 12.0 Å². The highest BCUT2D eigenvalue weighted by Gasteiger charge is 2.27. The van der Waals surface area contributed by atoms with Gasteiger partial charge in [-0.3, -0.25) is 4.98 Å². The molecule has 1 aromatic rings. The lowest BCUT2D eigenvalue weighted by molar-refractivity contribution is 0.214. The number of nitrogens with one attached hydrogen (secondary N) is 1. The molecule has 2 heteroatoms. The molecule has 18 heavy (non-hydrogen) atoms. The lowest BCUT2D eigenvalue weighted by atomic mass is 9.75. The normalized spacial score (nSPS) is 25.9. The third-order valence-electron chi connectivity index (χ3n) is 4.44. The predicted octanol–water partition coefficient (Wildman–Crippen LogP) is 3.87. The Labute approximate surface area is 111 Å².